The number of likely N-dealkylation sites (N-methyl/N-ethyl adjacent to an activating group) is 1. The highest BCUT2D eigenvalue weighted by molar-refractivity contribution is 7.92. The smallest absolute Gasteiger partial charge is 0.264 e. The van der Waals surface area contributed by atoms with Crippen LogP contribution in [0, 0.1) is 12.7 Å². The van der Waals surface area contributed by atoms with E-state index in [1.807, 2.05) is 37.3 Å². The molecule has 37 heavy (non-hydrogen) atoms. The molecule has 0 aliphatic heterocycles. The Kier molecular flexibility index (Phi) is 9.41. The topological polar surface area (TPSA) is 86.8 Å². The molecule has 0 radical (unpaired) electrons. The maximum atomic E-state index is 14.9. The largest absolute Gasteiger partial charge is 0.357 e. The average Bonchev–Trinajstić information content (AvgIpc) is 2.90. The number of aryl methyl sites for hydroxylation is 1. The minimum absolute atomic E-state index is 0.0664. The van der Waals surface area contributed by atoms with Crippen molar-refractivity contribution >= 4 is 27.5 Å². The monoisotopic (exact) mass is 525 g/mol. The second-order valence-corrected chi connectivity index (χ2v) is 10.5. The molecule has 3 aromatic rings. The first kappa shape index (κ1) is 27.9. The third-order valence-corrected chi connectivity index (χ3v) is 7.90. The van der Waals surface area contributed by atoms with Crippen LogP contribution in [0.1, 0.15) is 24.5 Å². The lowest BCUT2D eigenvalue weighted by molar-refractivity contribution is -0.139. The van der Waals surface area contributed by atoms with Gasteiger partial charge >= 0.3 is 0 Å². The zero-order valence-corrected chi connectivity index (χ0v) is 22.0. The van der Waals surface area contributed by atoms with E-state index in [9.17, 15) is 22.4 Å². The number of benzene rings is 3. The molecule has 196 valence electrons. The van der Waals surface area contributed by atoms with Crippen LogP contribution in [0.25, 0.3) is 0 Å². The van der Waals surface area contributed by atoms with Crippen molar-refractivity contribution in [1.29, 1.82) is 0 Å². The van der Waals surface area contributed by atoms with E-state index in [1.165, 1.54) is 42.3 Å². The van der Waals surface area contributed by atoms with Crippen molar-refractivity contribution in [3.05, 3.63) is 95.8 Å². The molecule has 7 nitrogen and oxygen atoms in total. The van der Waals surface area contributed by atoms with Crippen molar-refractivity contribution in [2.75, 3.05) is 24.4 Å². The van der Waals surface area contributed by atoms with Gasteiger partial charge in [0.2, 0.25) is 11.8 Å². The van der Waals surface area contributed by atoms with Crippen molar-refractivity contribution in [1.82, 2.24) is 10.2 Å². The summed E-state index contributed by atoms with van der Waals surface area (Å²) in [5.41, 5.74) is 1.58. The van der Waals surface area contributed by atoms with Crippen molar-refractivity contribution in [2.24, 2.45) is 0 Å². The molecule has 0 unspecified atom stereocenters. The standard InChI is InChI=1S/C28H32FN3O4S/c1-4-25(28(34)30-3)31(19-18-22-10-6-5-7-11-22)27(33)20-32(26-13-9-8-12-24(26)29)37(35,36)23-16-14-21(2)15-17-23/h5-17,25H,4,18-20H2,1-3H3,(H,30,34)/t25-/m1/s1. The van der Waals surface area contributed by atoms with Crippen molar-refractivity contribution in [2.45, 2.75) is 37.6 Å². The first-order chi connectivity index (χ1) is 17.7. The first-order valence-electron chi connectivity index (χ1n) is 12.1. The first-order valence-corrected chi connectivity index (χ1v) is 13.5. The number of amides is 2. The summed E-state index contributed by atoms with van der Waals surface area (Å²) < 4.78 is 43.0. The number of hydrogen-bond acceptors (Lipinski definition) is 4. The van der Waals surface area contributed by atoms with Gasteiger partial charge in [-0.05, 0) is 49.6 Å². The van der Waals surface area contributed by atoms with E-state index in [2.05, 4.69) is 5.32 Å². The second kappa shape index (κ2) is 12.5. The molecule has 0 aliphatic rings. The molecule has 0 heterocycles. The lowest BCUT2D eigenvalue weighted by atomic mass is 10.1. The highest BCUT2D eigenvalue weighted by Crippen LogP contribution is 2.27. The molecular weight excluding hydrogens is 493 g/mol. The van der Waals surface area contributed by atoms with Crippen molar-refractivity contribution < 1.29 is 22.4 Å². The Bertz CT molecular complexity index is 1310. The van der Waals surface area contributed by atoms with E-state index >= 15 is 0 Å². The third kappa shape index (κ3) is 6.74. The highest BCUT2D eigenvalue weighted by Gasteiger charge is 2.34. The zero-order chi connectivity index (χ0) is 27.0. The number of halogens is 1. The van der Waals surface area contributed by atoms with Gasteiger partial charge in [0.25, 0.3) is 10.0 Å². The number of anilines is 1. The molecule has 1 N–H and O–H groups in total. The van der Waals surface area contributed by atoms with Gasteiger partial charge < -0.3 is 10.2 Å². The minimum Gasteiger partial charge on any atom is -0.357 e. The molecule has 0 aromatic heterocycles. The van der Waals surface area contributed by atoms with Gasteiger partial charge in [0, 0.05) is 13.6 Å². The molecule has 3 aromatic carbocycles. The number of carbonyl (C=O) groups excluding carboxylic acids is 2. The van der Waals surface area contributed by atoms with Crippen LogP contribution in [0.2, 0.25) is 0 Å². The van der Waals surface area contributed by atoms with Crippen molar-refractivity contribution in [3.8, 4) is 0 Å². The molecule has 0 bridgehead atoms. The molecule has 0 fully saturated rings. The van der Waals surface area contributed by atoms with Crippen LogP contribution in [0.3, 0.4) is 0 Å². The molecule has 3 rings (SSSR count). The average molecular weight is 526 g/mol. The van der Waals surface area contributed by atoms with Gasteiger partial charge in [-0.25, -0.2) is 12.8 Å². The Labute approximate surface area is 218 Å². The molecule has 0 spiro atoms. The number of hydrogen-bond donors (Lipinski definition) is 1. The maximum absolute atomic E-state index is 14.9. The molecule has 9 heteroatoms. The number of nitrogens with one attached hydrogen (secondary N) is 1. The fourth-order valence-electron chi connectivity index (χ4n) is 4.07. The van der Waals surface area contributed by atoms with E-state index in [0.29, 0.717) is 12.8 Å². The summed E-state index contributed by atoms with van der Waals surface area (Å²) in [5.74, 6) is -1.74. The van der Waals surface area contributed by atoms with E-state index in [-0.39, 0.29) is 23.0 Å². The molecule has 0 saturated carbocycles. The van der Waals surface area contributed by atoms with Gasteiger partial charge in [-0.1, -0.05) is 67.1 Å². The highest BCUT2D eigenvalue weighted by atomic mass is 32.2. The molecule has 0 aliphatic carbocycles. The number of carbonyl (C=O) groups is 2. The third-order valence-electron chi connectivity index (χ3n) is 6.13. The van der Waals surface area contributed by atoms with Crippen LogP contribution in [0.15, 0.2) is 83.8 Å². The molecule has 2 amide bonds. The number of rotatable bonds is 11. The summed E-state index contributed by atoms with van der Waals surface area (Å²) in [6.45, 7) is 3.12. The van der Waals surface area contributed by atoms with Crippen LogP contribution in [0.5, 0.6) is 0 Å². The fourth-order valence-corrected chi connectivity index (χ4v) is 5.49. The number of nitrogens with zero attached hydrogens (tertiary/aromatic N) is 2. The summed E-state index contributed by atoms with van der Waals surface area (Å²) in [4.78, 5) is 27.7. The maximum Gasteiger partial charge on any atom is 0.264 e. The normalized spacial score (nSPS) is 12.0. The Morgan fingerprint density at radius 2 is 1.57 bits per heavy atom. The fraction of sp³-hybridized carbons (Fsp3) is 0.286. The van der Waals surface area contributed by atoms with E-state index < -0.39 is 34.3 Å². The van der Waals surface area contributed by atoms with Gasteiger partial charge in [-0.2, -0.15) is 0 Å². The number of sulfonamides is 1. The van der Waals surface area contributed by atoms with Crippen LogP contribution in [-0.2, 0) is 26.0 Å². The summed E-state index contributed by atoms with van der Waals surface area (Å²) in [6, 6.07) is 20.2. The van der Waals surface area contributed by atoms with Crippen molar-refractivity contribution in [3.63, 3.8) is 0 Å². The predicted octanol–water partition coefficient (Wildman–Crippen LogP) is 3.93. The van der Waals surface area contributed by atoms with Gasteiger partial charge in [-0.3, -0.25) is 13.9 Å². The quantitative estimate of drug-likeness (QED) is 0.411. The van der Waals surface area contributed by atoms with Crippen LogP contribution in [0.4, 0.5) is 10.1 Å². The Hall–Kier alpha value is -3.72. The van der Waals surface area contributed by atoms with E-state index in [0.717, 1.165) is 21.5 Å². The summed E-state index contributed by atoms with van der Waals surface area (Å²) in [5, 5.41) is 2.58. The summed E-state index contributed by atoms with van der Waals surface area (Å²) >= 11 is 0. The summed E-state index contributed by atoms with van der Waals surface area (Å²) in [6.07, 6.45) is 0.787. The van der Waals surface area contributed by atoms with Crippen LogP contribution < -0.4 is 9.62 Å². The van der Waals surface area contributed by atoms with Crippen LogP contribution >= 0.6 is 0 Å². The summed E-state index contributed by atoms with van der Waals surface area (Å²) in [7, 11) is -2.82. The Balaban J connectivity index is 2.01. The van der Waals surface area contributed by atoms with Gasteiger partial charge in [0.15, 0.2) is 0 Å². The minimum atomic E-state index is -4.30. The number of para-hydroxylation sites is 1. The lowest BCUT2D eigenvalue weighted by Crippen LogP contribution is -2.52. The zero-order valence-electron chi connectivity index (χ0n) is 21.2. The molecule has 1 atom stereocenters. The molecular formula is C28H32FN3O4S. The van der Waals surface area contributed by atoms with E-state index in [1.54, 1.807) is 19.1 Å². The Morgan fingerprint density at radius 3 is 2.16 bits per heavy atom. The van der Waals surface area contributed by atoms with E-state index in [4.69, 9.17) is 0 Å². The Morgan fingerprint density at radius 1 is 0.946 bits per heavy atom. The van der Waals surface area contributed by atoms with Crippen LogP contribution in [-0.4, -0.2) is 51.3 Å². The van der Waals surface area contributed by atoms with Gasteiger partial charge in [0.05, 0.1) is 10.6 Å². The SMILES string of the molecule is CC[C@H](C(=O)NC)N(CCc1ccccc1)C(=O)CN(c1ccccc1F)S(=O)(=O)c1ccc(C)cc1. The molecule has 0 saturated heterocycles. The second-order valence-electron chi connectivity index (χ2n) is 8.64. The predicted molar refractivity (Wildman–Crippen MR) is 142 cm³/mol. The lowest BCUT2D eigenvalue weighted by Gasteiger charge is -2.33. The van der Waals surface area contributed by atoms with Gasteiger partial charge in [-0.15, -0.1) is 0 Å². The van der Waals surface area contributed by atoms with Gasteiger partial charge in [0.1, 0.15) is 18.4 Å².